The molecule has 3 heteroatoms. The van der Waals surface area contributed by atoms with Gasteiger partial charge in [-0.05, 0) is 23.5 Å². The van der Waals surface area contributed by atoms with Crippen molar-refractivity contribution in [3.05, 3.63) is 23.4 Å². The van der Waals surface area contributed by atoms with E-state index in [0.717, 1.165) is 11.3 Å². The fourth-order valence-electron chi connectivity index (χ4n) is 1.32. The highest BCUT2D eigenvalue weighted by Gasteiger charge is 2.07. The summed E-state index contributed by atoms with van der Waals surface area (Å²) in [5.74, 6) is 1.60. The Kier molecular flexibility index (Phi) is 4.74. The molecule has 0 radical (unpaired) electrons. The van der Waals surface area contributed by atoms with Crippen LogP contribution in [0.15, 0.2) is 12.1 Å². The Bertz CT molecular complexity index is 335. The molecular formula is C13H22N2O. The highest BCUT2D eigenvalue weighted by molar-refractivity contribution is 5.26. The van der Waals surface area contributed by atoms with E-state index in [1.165, 1.54) is 0 Å². The molecule has 0 unspecified atom stereocenters. The topological polar surface area (TPSA) is 48.1 Å². The molecule has 0 saturated carbocycles. The standard InChI is InChI=1S/C13H22N2O/c1-9(2)8-16-13-6-11(7-14)5-12(15-13)10(3)4/h5-6,9-10H,7-8,14H2,1-4H3. The molecule has 0 aliphatic carbocycles. The van der Waals surface area contributed by atoms with E-state index in [4.69, 9.17) is 10.5 Å². The van der Waals surface area contributed by atoms with Gasteiger partial charge < -0.3 is 10.5 Å². The van der Waals surface area contributed by atoms with Crippen molar-refractivity contribution in [1.82, 2.24) is 4.98 Å². The molecule has 1 aromatic rings. The van der Waals surface area contributed by atoms with Gasteiger partial charge in [0, 0.05) is 18.3 Å². The lowest BCUT2D eigenvalue weighted by Gasteiger charge is -2.12. The minimum Gasteiger partial charge on any atom is -0.477 e. The van der Waals surface area contributed by atoms with E-state index < -0.39 is 0 Å². The van der Waals surface area contributed by atoms with Crippen LogP contribution in [0.5, 0.6) is 5.88 Å². The van der Waals surface area contributed by atoms with Gasteiger partial charge in [-0.2, -0.15) is 0 Å². The summed E-state index contributed by atoms with van der Waals surface area (Å²) in [6.45, 7) is 9.70. The summed E-state index contributed by atoms with van der Waals surface area (Å²) in [6, 6.07) is 3.97. The maximum Gasteiger partial charge on any atom is 0.213 e. The first-order valence-corrected chi connectivity index (χ1v) is 5.86. The molecular weight excluding hydrogens is 200 g/mol. The predicted molar refractivity (Wildman–Crippen MR) is 66.6 cm³/mol. The maximum atomic E-state index is 5.66. The van der Waals surface area contributed by atoms with Gasteiger partial charge in [-0.15, -0.1) is 0 Å². The van der Waals surface area contributed by atoms with Gasteiger partial charge >= 0.3 is 0 Å². The number of hydrogen-bond acceptors (Lipinski definition) is 3. The number of aromatic nitrogens is 1. The van der Waals surface area contributed by atoms with Crippen LogP contribution < -0.4 is 10.5 Å². The van der Waals surface area contributed by atoms with E-state index in [1.807, 2.05) is 12.1 Å². The van der Waals surface area contributed by atoms with Crippen LogP contribution in [-0.2, 0) is 6.54 Å². The van der Waals surface area contributed by atoms with Crippen LogP contribution in [0.25, 0.3) is 0 Å². The summed E-state index contributed by atoms with van der Waals surface area (Å²) >= 11 is 0. The molecule has 0 spiro atoms. The fraction of sp³-hybridized carbons (Fsp3) is 0.615. The van der Waals surface area contributed by atoms with Crippen molar-refractivity contribution in [2.75, 3.05) is 6.61 Å². The normalized spacial score (nSPS) is 11.2. The smallest absolute Gasteiger partial charge is 0.213 e. The molecule has 0 bridgehead atoms. The second-order valence-electron chi connectivity index (χ2n) is 4.80. The third-order valence-electron chi connectivity index (χ3n) is 2.27. The van der Waals surface area contributed by atoms with Gasteiger partial charge in [-0.1, -0.05) is 27.7 Å². The van der Waals surface area contributed by atoms with E-state index in [-0.39, 0.29) is 0 Å². The minimum atomic E-state index is 0.396. The Hall–Kier alpha value is -1.09. The second kappa shape index (κ2) is 5.85. The van der Waals surface area contributed by atoms with Crippen molar-refractivity contribution in [2.24, 2.45) is 11.7 Å². The Labute approximate surface area is 98.0 Å². The number of hydrogen-bond donors (Lipinski definition) is 1. The Morgan fingerprint density at radius 2 is 1.94 bits per heavy atom. The number of nitrogens with two attached hydrogens (primary N) is 1. The van der Waals surface area contributed by atoms with Gasteiger partial charge in [-0.3, -0.25) is 0 Å². The molecule has 16 heavy (non-hydrogen) atoms. The predicted octanol–water partition coefficient (Wildman–Crippen LogP) is 2.70. The molecule has 3 nitrogen and oxygen atoms in total. The number of ether oxygens (including phenoxy) is 1. The first-order valence-electron chi connectivity index (χ1n) is 5.86. The molecule has 0 atom stereocenters. The van der Waals surface area contributed by atoms with Gasteiger partial charge in [0.1, 0.15) is 0 Å². The molecule has 0 amide bonds. The summed E-state index contributed by atoms with van der Waals surface area (Å²) in [7, 11) is 0. The SMILES string of the molecule is CC(C)COc1cc(CN)cc(C(C)C)n1. The van der Waals surface area contributed by atoms with Crippen LogP contribution >= 0.6 is 0 Å². The van der Waals surface area contributed by atoms with E-state index in [1.54, 1.807) is 0 Å². The minimum absolute atomic E-state index is 0.396. The monoisotopic (exact) mass is 222 g/mol. The average molecular weight is 222 g/mol. The molecule has 90 valence electrons. The van der Waals surface area contributed by atoms with Crippen LogP contribution in [0.4, 0.5) is 0 Å². The quantitative estimate of drug-likeness (QED) is 0.833. The highest BCUT2D eigenvalue weighted by atomic mass is 16.5. The summed E-state index contributed by atoms with van der Waals surface area (Å²) in [4.78, 5) is 4.48. The van der Waals surface area contributed by atoms with E-state index >= 15 is 0 Å². The zero-order valence-electron chi connectivity index (χ0n) is 10.7. The maximum absolute atomic E-state index is 5.66. The summed E-state index contributed by atoms with van der Waals surface area (Å²) < 4.78 is 5.63. The number of pyridine rings is 1. The van der Waals surface area contributed by atoms with Crippen LogP contribution in [0.2, 0.25) is 0 Å². The molecule has 0 aromatic carbocycles. The first-order chi connectivity index (χ1) is 7.52. The lowest BCUT2D eigenvalue weighted by atomic mass is 10.1. The van der Waals surface area contributed by atoms with Gasteiger partial charge in [0.15, 0.2) is 0 Å². The Morgan fingerprint density at radius 1 is 1.25 bits per heavy atom. The Morgan fingerprint density at radius 3 is 2.44 bits per heavy atom. The first kappa shape index (κ1) is 13.0. The summed E-state index contributed by atoms with van der Waals surface area (Å²) in [5, 5.41) is 0. The third-order valence-corrected chi connectivity index (χ3v) is 2.27. The summed E-state index contributed by atoms with van der Waals surface area (Å²) in [5.41, 5.74) is 7.78. The van der Waals surface area contributed by atoms with Crippen molar-refractivity contribution in [3.8, 4) is 5.88 Å². The fourth-order valence-corrected chi connectivity index (χ4v) is 1.32. The third kappa shape index (κ3) is 3.81. The van der Waals surface area contributed by atoms with E-state index in [0.29, 0.717) is 30.9 Å². The number of nitrogens with zero attached hydrogens (tertiary/aromatic N) is 1. The van der Waals surface area contributed by atoms with Gasteiger partial charge in [0.2, 0.25) is 5.88 Å². The Balaban J connectivity index is 2.86. The molecule has 0 saturated heterocycles. The average Bonchev–Trinajstić information content (AvgIpc) is 2.25. The molecule has 2 N–H and O–H groups in total. The zero-order valence-corrected chi connectivity index (χ0v) is 10.7. The van der Waals surface area contributed by atoms with Gasteiger partial charge in [-0.25, -0.2) is 4.98 Å². The molecule has 1 heterocycles. The largest absolute Gasteiger partial charge is 0.477 e. The number of rotatable bonds is 5. The lowest BCUT2D eigenvalue weighted by molar-refractivity contribution is 0.260. The van der Waals surface area contributed by atoms with Crippen molar-refractivity contribution < 1.29 is 4.74 Å². The second-order valence-corrected chi connectivity index (χ2v) is 4.80. The molecule has 1 aromatic heterocycles. The van der Waals surface area contributed by atoms with Crippen molar-refractivity contribution in [2.45, 2.75) is 40.2 Å². The van der Waals surface area contributed by atoms with Crippen molar-refractivity contribution >= 4 is 0 Å². The van der Waals surface area contributed by atoms with E-state index in [2.05, 4.69) is 32.7 Å². The highest BCUT2D eigenvalue weighted by Crippen LogP contribution is 2.19. The molecule has 0 aliphatic rings. The molecule has 0 fully saturated rings. The van der Waals surface area contributed by atoms with Gasteiger partial charge in [0.25, 0.3) is 0 Å². The van der Waals surface area contributed by atoms with E-state index in [9.17, 15) is 0 Å². The molecule has 0 aliphatic heterocycles. The van der Waals surface area contributed by atoms with Crippen LogP contribution in [0.3, 0.4) is 0 Å². The zero-order chi connectivity index (χ0) is 12.1. The lowest BCUT2D eigenvalue weighted by Crippen LogP contribution is -2.08. The van der Waals surface area contributed by atoms with Crippen LogP contribution in [-0.4, -0.2) is 11.6 Å². The van der Waals surface area contributed by atoms with Gasteiger partial charge in [0.05, 0.1) is 6.61 Å². The van der Waals surface area contributed by atoms with Crippen LogP contribution in [0, 0.1) is 5.92 Å². The van der Waals surface area contributed by atoms with Crippen LogP contribution in [0.1, 0.15) is 44.9 Å². The summed E-state index contributed by atoms with van der Waals surface area (Å²) in [6.07, 6.45) is 0. The van der Waals surface area contributed by atoms with Crippen molar-refractivity contribution in [1.29, 1.82) is 0 Å². The molecule has 1 rings (SSSR count). The van der Waals surface area contributed by atoms with Crippen molar-refractivity contribution in [3.63, 3.8) is 0 Å².